The van der Waals surface area contributed by atoms with Gasteiger partial charge in [0, 0.05) is 23.4 Å². The zero-order valence-electron chi connectivity index (χ0n) is 17.0. The van der Waals surface area contributed by atoms with Crippen LogP contribution in [0.3, 0.4) is 0 Å². The first kappa shape index (κ1) is 22.6. The van der Waals surface area contributed by atoms with Gasteiger partial charge in [0.25, 0.3) is 0 Å². The number of nitrogens with zero attached hydrogens (tertiary/aromatic N) is 3. The summed E-state index contributed by atoms with van der Waals surface area (Å²) in [4.78, 5) is 18.8. The molecule has 0 saturated heterocycles. The normalized spacial score (nSPS) is 12.5. The van der Waals surface area contributed by atoms with E-state index in [2.05, 4.69) is 15.1 Å². The Kier molecular flexibility index (Phi) is 7.32. The molecule has 2 aromatic rings. The summed E-state index contributed by atoms with van der Waals surface area (Å²) >= 11 is 0. The Labute approximate surface area is 173 Å². The first-order valence-electron chi connectivity index (χ1n) is 8.97. The van der Waals surface area contributed by atoms with Gasteiger partial charge in [-0.1, -0.05) is 25.9 Å². The lowest BCUT2D eigenvalue weighted by Crippen LogP contribution is -2.23. The van der Waals surface area contributed by atoms with Gasteiger partial charge in [0.05, 0.1) is 5.69 Å². The van der Waals surface area contributed by atoms with Crippen LogP contribution in [-0.4, -0.2) is 39.1 Å². The number of carbonyl (C=O) groups excluding carboxylic acids is 1. The SMILES string of the molecule is CC(C)(C)/C(=C/C(N)=NC(=N)c1cc(CO)on1)C(=N)OCc1ccc(C=O)cn1. The topological polar surface area (TPSA) is 172 Å². The van der Waals surface area contributed by atoms with Crippen LogP contribution in [0.15, 0.2) is 45.6 Å². The molecule has 2 rings (SSSR count). The van der Waals surface area contributed by atoms with Gasteiger partial charge in [0.15, 0.2) is 23.6 Å². The lowest BCUT2D eigenvalue weighted by atomic mass is 9.86. The van der Waals surface area contributed by atoms with Crippen molar-refractivity contribution in [3.8, 4) is 0 Å². The van der Waals surface area contributed by atoms with Crippen molar-refractivity contribution < 1.29 is 19.2 Å². The van der Waals surface area contributed by atoms with E-state index in [0.717, 1.165) is 0 Å². The minimum absolute atomic E-state index is 0.0136. The van der Waals surface area contributed by atoms with Gasteiger partial charge in [0.2, 0.25) is 5.90 Å². The summed E-state index contributed by atoms with van der Waals surface area (Å²) in [5.41, 5.74) is 7.07. The Morgan fingerprint density at radius 1 is 1.37 bits per heavy atom. The molecule has 10 nitrogen and oxygen atoms in total. The molecule has 0 spiro atoms. The second-order valence-corrected chi connectivity index (χ2v) is 7.35. The van der Waals surface area contributed by atoms with Crippen LogP contribution in [-0.2, 0) is 18.0 Å². The van der Waals surface area contributed by atoms with E-state index in [9.17, 15) is 4.79 Å². The van der Waals surface area contributed by atoms with Crippen LogP contribution in [0.1, 0.15) is 48.3 Å². The zero-order valence-corrected chi connectivity index (χ0v) is 17.0. The summed E-state index contributed by atoms with van der Waals surface area (Å²) in [6, 6.07) is 4.65. The Bertz CT molecular complexity index is 983. The number of aliphatic hydroxyl groups excluding tert-OH is 1. The monoisotopic (exact) mass is 412 g/mol. The molecule has 0 bridgehead atoms. The molecule has 0 aromatic carbocycles. The number of aliphatic hydroxyl groups is 1. The maximum Gasteiger partial charge on any atom is 0.210 e. The molecule has 0 amide bonds. The van der Waals surface area contributed by atoms with E-state index in [4.69, 9.17) is 30.9 Å². The summed E-state index contributed by atoms with van der Waals surface area (Å²) < 4.78 is 10.4. The maximum atomic E-state index is 10.7. The zero-order chi connectivity index (χ0) is 22.3. The number of carbonyl (C=O) groups is 1. The van der Waals surface area contributed by atoms with Crippen molar-refractivity contribution >= 4 is 23.9 Å². The van der Waals surface area contributed by atoms with Crippen LogP contribution in [0.5, 0.6) is 0 Å². The molecule has 0 atom stereocenters. The molecule has 0 fully saturated rings. The number of nitrogens with two attached hydrogens (primary N) is 1. The summed E-state index contributed by atoms with van der Waals surface area (Å²) in [6.07, 6.45) is 3.59. The van der Waals surface area contributed by atoms with Gasteiger partial charge in [-0.2, -0.15) is 0 Å². The number of aliphatic imine (C=N–C) groups is 1. The first-order chi connectivity index (χ1) is 14.1. The van der Waals surface area contributed by atoms with E-state index < -0.39 is 5.41 Å². The number of pyridine rings is 1. The van der Waals surface area contributed by atoms with Crippen molar-refractivity contribution in [2.24, 2.45) is 16.1 Å². The van der Waals surface area contributed by atoms with Crippen molar-refractivity contribution in [3.63, 3.8) is 0 Å². The average molecular weight is 412 g/mol. The highest BCUT2D eigenvalue weighted by molar-refractivity contribution is 6.09. The fourth-order valence-electron chi connectivity index (χ4n) is 2.30. The number of amidine groups is 2. The molecule has 0 aliphatic carbocycles. The molecule has 10 heteroatoms. The first-order valence-corrected chi connectivity index (χ1v) is 8.97. The van der Waals surface area contributed by atoms with Crippen molar-refractivity contribution in [2.45, 2.75) is 34.0 Å². The Balaban J connectivity index is 2.16. The van der Waals surface area contributed by atoms with Gasteiger partial charge < -0.3 is 20.1 Å². The standard InChI is InChI=1S/C20H24N6O4/c1-20(2,3)15(19(23)29-11-13-5-4-12(9-27)8-24-13)7-17(21)25-18(22)16-6-14(10-28)30-26-16/h4-9,23,28H,10-11H2,1-3H3,(H3,21,22,25)/b15-7+,23-19?. The number of ether oxygens (including phenoxy) is 1. The van der Waals surface area contributed by atoms with Gasteiger partial charge in [-0.05, 0) is 23.6 Å². The maximum absolute atomic E-state index is 10.7. The van der Waals surface area contributed by atoms with Gasteiger partial charge in [-0.15, -0.1) is 0 Å². The van der Waals surface area contributed by atoms with Gasteiger partial charge >= 0.3 is 0 Å². The van der Waals surface area contributed by atoms with E-state index >= 15 is 0 Å². The highest BCUT2D eigenvalue weighted by atomic mass is 16.5. The van der Waals surface area contributed by atoms with Gasteiger partial charge in [0.1, 0.15) is 19.0 Å². The van der Waals surface area contributed by atoms with E-state index in [-0.39, 0.29) is 42.2 Å². The largest absolute Gasteiger partial charge is 0.471 e. The van der Waals surface area contributed by atoms with Crippen molar-refractivity contribution in [3.05, 3.63) is 58.8 Å². The summed E-state index contributed by atoms with van der Waals surface area (Å²) in [6.45, 7) is 5.36. The van der Waals surface area contributed by atoms with Crippen molar-refractivity contribution in [1.29, 1.82) is 10.8 Å². The Morgan fingerprint density at radius 2 is 2.10 bits per heavy atom. The third-order valence-electron chi connectivity index (χ3n) is 3.89. The van der Waals surface area contributed by atoms with Gasteiger partial charge in [-0.25, -0.2) is 4.99 Å². The lowest BCUT2D eigenvalue weighted by molar-refractivity contribution is 0.112. The van der Waals surface area contributed by atoms with Crippen LogP contribution in [0.25, 0.3) is 0 Å². The minimum Gasteiger partial charge on any atom is -0.471 e. The average Bonchev–Trinajstić information content (AvgIpc) is 3.19. The molecule has 0 aliphatic rings. The van der Waals surface area contributed by atoms with E-state index in [1.54, 1.807) is 12.1 Å². The molecule has 0 aliphatic heterocycles. The molecule has 2 heterocycles. The number of hydrogen-bond donors (Lipinski definition) is 4. The molecule has 158 valence electrons. The van der Waals surface area contributed by atoms with Crippen LogP contribution < -0.4 is 5.73 Å². The summed E-state index contributed by atoms with van der Waals surface area (Å²) in [7, 11) is 0. The third-order valence-corrected chi connectivity index (χ3v) is 3.89. The van der Waals surface area contributed by atoms with Crippen LogP contribution in [0.4, 0.5) is 0 Å². The van der Waals surface area contributed by atoms with Crippen molar-refractivity contribution in [2.75, 3.05) is 0 Å². The fourth-order valence-corrected chi connectivity index (χ4v) is 2.30. The van der Waals surface area contributed by atoms with Crippen LogP contribution in [0, 0.1) is 16.2 Å². The van der Waals surface area contributed by atoms with Crippen molar-refractivity contribution in [1.82, 2.24) is 10.1 Å². The number of hydrogen-bond acceptors (Lipinski definition) is 8. The second kappa shape index (κ2) is 9.70. The van der Waals surface area contributed by atoms with E-state index in [1.165, 1.54) is 18.3 Å². The van der Waals surface area contributed by atoms with Crippen LogP contribution >= 0.6 is 0 Å². The fraction of sp³-hybridized carbons (Fsp3) is 0.300. The molecular formula is C20H24N6O4. The highest BCUT2D eigenvalue weighted by Gasteiger charge is 2.23. The molecular weight excluding hydrogens is 388 g/mol. The Hall–Kier alpha value is -3.66. The molecule has 0 saturated carbocycles. The quantitative estimate of drug-likeness (QED) is 0.306. The predicted octanol–water partition coefficient (Wildman–Crippen LogP) is 2.22. The van der Waals surface area contributed by atoms with E-state index in [1.807, 2.05) is 20.8 Å². The lowest BCUT2D eigenvalue weighted by Gasteiger charge is -2.23. The van der Waals surface area contributed by atoms with Crippen LogP contribution in [0.2, 0.25) is 0 Å². The molecule has 5 N–H and O–H groups in total. The second-order valence-electron chi connectivity index (χ2n) is 7.35. The van der Waals surface area contributed by atoms with E-state index in [0.29, 0.717) is 23.1 Å². The highest BCUT2D eigenvalue weighted by Crippen LogP contribution is 2.26. The molecule has 0 radical (unpaired) electrons. The predicted molar refractivity (Wildman–Crippen MR) is 111 cm³/mol. The molecule has 30 heavy (non-hydrogen) atoms. The number of nitrogens with one attached hydrogen (secondary N) is 2. The smallest absolute Gasteiger partial charge is 0.210 e. The minimum atomic E-state index is -0.494. The summed E-state index contributed by atoms with van der Waals surface area (Å²) in [5, 5.41) is 28.9. The summed E-state index contributed by atoms with van der Waals surface area (Å²) in [5.74, 6) is -0.162. The number of aromatic nitrogens is 2. The third kappa shape index (κ3) is 6.17. The molecule has 0 unspecified atom stereocenters. The Morgan fingerprint density at radius 3 is 2.63 bits per heavy atom. The number of rotatable bonds is 7. The molecule has 2 aromatic heterocycles. The van der Waals surface area contributed by atoms with Gasteiger partial charge in [-0.3, -0.25) is 20.6 Å². The number of aldehydes is 1.